The van der Waals surface area contributed by atoms with Crippen molar-refractivity contribution in [2.75, 3.05) is 0 Å². The Morgan fingerprint density at radius 1 is 1.07 bits per heavy atom. The molecule has 1 aromatic heterocycles. The maximum atomic E-state index is 13.6. The van der Waals surface area contributed by atoms with E-state index in [4.69, 9.17) is 0 Å². The monoisotopic (exact) mass is 214 g/mol. The lowest BCUT2D eigenvalue weighted by molar-refractivity contribution is 0.482. The molecule has 0 spiro atoms. The van der Waals surface area contributed by atoms with Gasteiger partial charge < -0.3 is 0 Å². The minimum absolute atomic E-state index is 0.192. The van der Waals surface area contributed by atoms with Crippen molar-refractivity contribution in [1.29, 1.82) is 0 Å². The number of nitrogens with zero attached hydrogens (tertiary/aromatic N) is 2. The lowest BCUT2D eigenvalue weighted by atomic mass is 10.3. The average Bonchev–Trinajstić information content (AvgIpc) is 2.23. The van der Waals surface area contributed by atoms with Crippen LogP contribution in [0, 0.1) is 5.82 Å². The molecule has 1 heterocycles. The van der Waals surface area contributed by atoms with Crippen LogP contribution in [-0.4, -0.2) is 9.13 Å². The molecule has 84 valence electrons. The largest absolute Gasteiger partial charge is 0.331 e. The first-order chi connectivity index (χ1) is 7.08. The molecule has 1 aromatic rings. The molecular weight excluding hydrogens is 199 g/mol. The zero-order valence-electron chi connectivity index (χ0n) is 9.21. The smallest absolute Gasteiger partial charge is 0.295 e. The first-order valence-electron chi connectivity index (χ1n) is 5.10. The molecule has 0 unspecified atom stereocenters. The van der Waals surface area contributed by atoms with Gasteiger partial charge in [-0.3, -0.25) is 13.9 Å². The van der Waals surface area contributed by atoms with E-state index in [-0.39, 0.29) is 12.2 Å². The van der Waals surface area contributed by atoms with E-state index >= 15 is 0 Å². The SMILES string of the molecule is CCc1c(F)c(=O)n(CC)c(=O)n1CC. The Kier molecular flexibility index (Phi) is 3.44. The molecule has 0 atom stereocenters. The Balaban J connectivity index is 3.74. The Morgan fingerprint density at radius 3 is 2.00 bits per heavy atom. The Bertz CT molecular complexity index is 474. The highest BCUT2D eigenvalue weighted by atomic mass is 19.1. The third kappa shape index (κ3) is 1.73. The van der Waals surface area contributed by atoms with Crippen LogP contribution < -0.4 is 11.2 Å². The standard InChI is InChI=1S/C10H15FN2O2/c1-4-7-8(11)9(14)13(6-3)10(15)12(7)5-2/h4-6H2,1-3H3. The minimum Gasteiger partial charge on any atom is -0.295 e. The first kappa shape index (κ1) is 11.7. The second-order valence-corrected chi connectivity index (χ2v) is 3.19. The molecule has 15 heavy (non-hydrogen) atoms. The summed E-state index contributed by atoms with van der Waals surface area (Å²) in [6.45, 7) is 5.69. The Morgan fingerprint density at radius 2 is 1.60 bits per heavy atom. The molecule has 0 aliphatic rings. The molecule has 0 amide bonds. The van der Waals surface area contributed by atoms with Gasteiger partial charge in [0, 0.05) is 13.1 Å². The molecule has 5 heteroatoms. The van der Waals surface area contributed by atoms with Crippen LogP contribution in [0.5, 0.6) is 0 Å². The van der Waals surface area contributed by atoms with E-state index < -0.39 is 17.1 Å². The van der Waals surface area contributed by atoms with E-state index in [1.165, 1.54) is 4.57 Å². The number of hydrogen-bond acceptors (Lipinski definition) is 2. The normalized spacial score (nSPS) is 10.7. The number of hydrogen-bond donors (Lipinski definition) is 0. The fourth-order valence-electron chi connectivity index (χ4n) is 1.66. The van der Waals surface area contributed by atoms with Crippen LogP contribution in [0.1, 0.15) is 26.5 Å². The van der Waals surface area contributed by atoms with Crippen molar-refractivity contribution in [2.24, 2.45) is 0 Å². The Hall–Kier alpha value is -1.39. The topological polar surface area (TPSA) is 44.0 Å². The van der Waals surface area contributed by atoms with E-state index in [0.717, 1.165) is 4.57 Å². The van der Waals surface area contributed by atoms with Crippen LogP contribution in [0.25, 0.3) is 0 Å². The van der Waals surface area contributed by atoms with Crippen molar-refractivity contribution in [3.05, 3.63) is 32.3 Å². The quantitative estimate of drug-likeness (QED) is 0.745. The van der Waals surface area contributed by atoms with Gasteiger partial charge in [0.1, 0.15) is 0 Å². The summed E-state index contributed by atoms with van der Waals surface area (Å²) in [4.78, 5) is 23.2. The molecule has 0 saturated carbocycles. The summed E-state index contributed by atoms with van der Waals surface area (Å²) in [5.41, 5.74) is -1.05. The highest BCUT2D eigenvalue weighted by molar-refractivity contribution is 5.06. The minimum atomic E-state index is -0.816. The second-order valence-electron chi connectivity index (χ2n) is 3.19. The zero-order chi connectivity index (χ0) is 11.6. The molecule has 0 fully saturated rings. The van der Waals surface area contributed by atoms with Gasteiger partial charge in [-0.2, -0.15) is 4.39 Å². The van der Waals surface area contributed by atoms with Gasteiger partial charge in [0.15, 0.2) is 0 Å². The van der Waals surface area contributed by atoms with Gasteiger partial charge in [-0.05, 0) is 20.3 Å². The van der Waals surface area contributed by atoms with E-state index in [1.807, 2.05) is 0 Å². The molecule has 0 saturated heterocycles. The molecule has 0 aromatic carbocycles. The third-order valence-electron chi connectivity index (χ3n) is 2.44. The summed E-state index contributed by atoms with van der Waals surface area (Å²) >= 11 is 0. The van der Waals surface area contributed by atoms with Crippen molar-refractivity contribution >= 4 is 0 Å². The van der Waals surface area contributed by atoms with Crippen molar-refractivity contribution in [2.45, 2.75) is 40.3 Å². The number of halogens is 1. The van der Waals surface area contributed by atoms with Gasteiger partial charge >= 0.3 is 5.69 Å². The predicted molar refractivity (Wildman–Crippen MR) is 55.6 cm³/mol. The van der Waals surface area contributed by atoms with E-state index in [0.29, 0.717) is 13.0 Å². The molecule has 4 nitrogen and oxygen atoms in total. The molecular formula is C10H15FN2O2. The van der Waals surface area contributed by atoms with Crippen LogP contribution in [0.15, 0.2) is 9.59 Å². The van der Waals surface area contributed by atoms with Crippen molar-refractivity contribution < 1.29 is 4.39 Å². The third-order valence-corrected chi connectivity index (χ3v) is 2.44. The molecule has 0 radical (unpaired) electrons. The van der Waals surface area contributed by atoms with Gasteiger partial charge in [-0.25, -0.2) is 4.79 Å². The van der Waals surface area contributed by atoms with Gasteiger partial charge in [0.05, 0.1) is 5.69 Å². The molecule has 0 aliphatic carbocycles. The van der Waals surface area contributed by atoms with Gasteiger partial charge in [-0.1, -0.05) is 6.92 Å². The van der Waals surface area contributed by atoms with Crippen LogP contribution in [0.2, 0.25) is 0 Å². The molecule has 0 bridgehead atoms. The van der Waals surface area contributed by atoms with E-state index in [2.05, 4.69) is 0 Å². The summed E-state index contributed by atoms with van der Waals surface area (Å²) in [6.07, 6.45) is 0.342. The van der Waals surface area contributed by atoms with Crippen LogP contribution >= 0.6 is 0 Å². The first-order valence-corrected chi connectivity index (χ1v) is 5.10. The number of rotatable bonds is 3. The van der Waals surface area contributed by atoms with Gasteiger partial charge in [0.2, 0.25) is 5.82 Å². The van der Waals surface area contributed by atoms with Crippen molar-refractivity contribution in [3.63, 3.8) is 0 Å². The zero-order valence-corrected chi connectivity index (χ0v) is 9.21. The highest BCUT2D eigenvalue weighted by Gasteiger charge is 2.15. The maximum Gasteiger partial charge on any atom is 0.331 e. The Labute approximate surface area is 87.0 Å². The summed E-state index contributed by atoms with van der Waals surface area (Å²) in [6, 6.07) is 0. The summed E-state index contributed by atoms with van der Waals surface area (Å²) < 4.78 is 15.8. The van der Waals surface area contributed by atoms with Crippen LogP contribution in [0.4, 0.5) is 4.39 Å². The van der Waals surface area contributed by atoms with Crippen molar-refractivity contribution in [1.82, 2.24) is 9.13 Å². The molecule has 1 rings (SSSR count). The summed E-state index contributed by atoms with van der Waals surface area (Å²) in [7, 11) is 0. The van der Waals surface area contributed by atoms with Crippen LogP contribution in [0.3, 0.4) is 0 Å². The number of aromatic nitrogens is 2. The molecule has 0 N–H and O–H groups in total. The van der Waals surface area contributed by atoms with Gasteiger partial charge in [0.25, 0.3) is 5.56 Å². The van der Waals surface area contributed by atoms with E-state index in [1.54, 1.807) is 20.8 Å². The van der Waals surface area contributed by atoms with Crippen LogP contribution in [-0.2, 0) is 19.5 Å². The lowest BCUT2D eigenvalue weighted by Gasteiger charge is -2.12. The van der Waals surface area contributed by atoms with Gasteiger partial charge in [-0.15, -0.1) is 0 Å². The highest BCUT2D eigenvalue weighted by Crippen LogP contribution is 2.01. The van der Waals surface area contributed by atoms with E-state index in [9.17, 15) is 14.0 Å². The predicted octanol–water partition coefficient (Wildman–Crippen LogP) is 0.751. The van der Waals surface area contributed by atoms with Crippen molar-refractivity contribution in [3.8, 4) is 0 Å². The lowest BCUT2D eigenvalue weighted by Crippen LogP contribution is -2.42. The molecule has 0 aliphatic heterocycles. The average molecular weight is 214 g/mol. The summed E-state index contributed by atoms with van der Waals surface area (Å²) in [5, 5.41) is 0. The maximum absolute atomic E-state index is 13.6. The fraction of sp³-hybridized carbons (Fsp3) is 0.600. The summed E-state index contributed by atoms with van der Waals surface area (Å²) in [5.74, 6) is -0.805. The second kappa shape index (κ2) is 4.42. The fourth-order valence-corrected chi connectivity index (χ4v) is 1.66.